The minimum Gasteiger partial charge on any atom is -0.375 e. The Kier molecular flexibility index (Phi) is 6.77. The van der Waals surface area contributed by atoms with E-state index in [-0.39, 0.29) is 11.4 Å². The van der Waals surface area contributed by atoms with E-state index in [1.165, 1.54) is 0 Å². The Hall–Kier alpha value is -0.130. The summed E-state index contributed by atoms with van der Waals surface area (Å²) in [7, 11) is -2.87. The number of hydrogen-bond acceptors (Lipinski definition) is 4. The molecular weight excluding hydrogens is 262 g/mol. The summed E-state index contributed by atoms with van der Waals surface area (Å²) in [5.74, 6) is 0.555. The Bertz CT molecular complexity index is 350. The normalized spacial score (nSPS) is 23.4. The van der Waals surface area contributed by atoms with E-state index >= 15 is 0 Å². The molecule has 1 unspecified atom stereocenters. The van der Waals surface area contributed by atoms with Crippen LogP contribution in [0.15, 0.2) is 0 Å². The Morgan fingerprint density at radius 1 is 1.21 bits per heavy atom. The predicted octanol–water partition coefficient (Wildman–Crippen LogP) is 2.14. The van der Waals surface area contributed by atoms with E-state index in [4.69, 9.17) is 4.74 Å². The lowest BCUT2D eigenvalue weighted by Crippen LogP contribution is -2.47. The second-order valence-electron chi connectivity index (χ2n) is 5.53. The van der Waals surface area contributed by atoms with Gasteiger partial charge in [-0.15, -0.1) is 0 Å². The largest absolute Gasteiger partial charge is 0.375 e. The Morgan fingerprint density at radius 3 is 2.47 bits per heavy atom. The molecule has 0 saturated carbocycles. The third kappa shape index (κ3) is 5.40. The topological polar surface area (TPSA) is 55.4 Å². The number of nitrogens with one attached hydrogen (secondary N) is 1. The van der Waals surface area contributed by atoms with Crippen molar-refractivity contribution in [1.82, 2.24) is 5.32 Å². The maximum Gasteiger partial charge on any atom is 0.151 e. The van der Waals surface area contributed by atoms with Gasteiger partial charge in [-0.05, 0) is 32.1 Å². The van der Waals surface area contributed by atoms with E-state index in [2.05, 4.69) is 19.2 Å². The summed E-state index contributed by atoms with van der Waals surface area (Å²) in [5.41, 5.74) is -0.00178. The van der Waals surface area contributed by atoms with Gasteiger partial charge >= 0.3 is 0 Å². The van der Waals surface area contributed by atoms with Gasteiger partial charge in [0.15, 0.2) is 9.84 Å². The van der Waals surface area contributed by atoms with Gasteiger partial charge in [0.05, 0.1) is 11.4 Å². The SMILES string of the molecule is CCCS(=O)(=O)CCNC1CCOC(CC)(CC)C1. The molecule has 0 spiro atoms. The van der Waals surface area contributed by atoms with E-state index < -0.39 is 9.84 Å². The van der Waals surface area contributed by atoms with Crippen molar-refractivity contribution in [1.29, 1.82) is 0 Å². The molecule has 0 bridgehead atoms. The molecule has 5 heteroatoms. The minimum atomic E-state index is -2.87. The standard InChI is InChI=1S/C14H29NO3S/c1-4-10-19(16,17)11-8-15-13-7-9-18-14(5-2,6-3)12-13/h13,15H,4-12H2,1-3H3. The highest BCUT2D eigenvalue weighted by atomic mass is 32.2. The molecule has 1 atom stereocenters. The minimum absolute atomic E-state index is 0.00178. The molecule has 1 aliphatic rings. The molecule has 1 saturated heterocycles. The molecule has 1 fully saturated rings. The lowest BCUT2D eigenvalue weighted by Gasteiger charge is -2.40. The van der Waals surface area contributed by atoms with Crippen LogP contribution in [0.4, 0.5) is 0 Å². The Balaban J connectivity index is 2.37. The van der Waals surface area contributed by atoms with E-state index in [1.54, 1.807) is 0 Å². The first-order valence-electron chi connectivity index (χ1n) is 7.54. The molecule has 19 heavy (non-hydrogen) atoms. The molecule has 1 N–H and O–H groups in total. The highest BCUT2D eigenvalue weighted by Gasteiger charge is 2.34. The first kappa shape index (κ1) is 16.9. The number of sulfone groups is 1. The molecule has 0 aliphatic carbocycles. The molecule has 0 radical (unpaired) electrons. The fourth-order valence-electron chi connectivity index (χ4n) is 2.78. The molecule has 4 nitrogen and oxygen atoms in total. The highest BCUT2D eigenvalue weighted by molar-refractivity contribution is 7.91. The van der Waals surface area contributed by atoms with Gasteiger partial charge < -0.3 is 10.1 Å². The van der Waals surface area contributed by atoms with Crippen molar-refractivity contribution in [2.75, 3.05) is 24.7 Å². The lowest BCUT2D eigenvalue weighted by molar-refractivity contribution is -0.0927. The van der Waals surface area contributed by atoms with Crippen LogP contribution in [-0.2, 0) is 14.6 Å². The smallest absolute Gasteiger partial charge is 0.151 e. The highest BCUT2D eigenvalue weighted by Crippen LogP contribution is 2.31. The van der Waals surface area contributed by atoms with Crippen LogP contribution in [-0.4, -0.2) is 44.7 Å². The fraction of sp³-hybridized carbons (Fsp3) is 1.00. The van der Waals surface area contributed by atoms with Crippen molar-refractivity contribution < 1.29 is 13.2 Å². The van der Waals surface area contributed by atoms with Crippen LogP contribution < -0.4 is 5.32 Å². The summed E-state index contributed by atoms with van der Waals surface area (Å²) < 4.78 is 29.2. The molecule has 0 aromatic heterocycles. The quantitative estimate of drug-likeness (QED) is 0.744. The zero-order valence-electron chi connectivity index (χ0n) is 12.6. The van der Waals surface area contributed by atoms with E-state index in [1.807, 2.05) is 6.92 Å². The van der Waals surface area contributed by atoms with Crippen molar-refractivity contribution >= 4 is 9.84 Å². The first-order valence-corrected chi connectivity index (χ1v) is 9.37. The van der Waals surface area contributed by atoms with Gasteiger partial charge in [0, 0.05) is 24.9 Å². The molecular formula is C14H29NO3S. The molecule has 0 amide bonds. The van der Waals surface area contributed by atoms with Crippen LogP contribution in [0, 0.1) is 0 Å². The van der Waals surface area contributed by atoms with Crippen LogP contribution in [0.3, 0.4) is 0 Å². The average molecular weight is 291 g/mol. The van der Waals surface area contributed by atoms with E-state index in [0.717, 1.165) is 32.3 Å². The first-order chi connectivity index (χ1) is 8.97. The number of hydrogen-bond donors (Lipinski definition) is 1. The van der Waals surface area contributed by atoms with Crippen molar-refractivity contribution in [2.24, 2.45) is 0 Å². The Labute approximate surface area is 118 Å². The third-order valence-electron chi connectivity index (χ3n) is 4.14. The van der Waals surface area contributed by atoms with Gasteiger partial charge in [0.2, 0.25) is 0 Å². The van der Waals surface area contributed by atoms with Crippen LogP contribution >= 0.6 is 0 Å². The van der Waals surface area contributed by atoms with Crippen molar-refractivity contribution in [3.05, 3.63) is 0 Å². The summed E-state index contributed by atoms with van der Waals surface area (Å²) in [5, 5.41) is 3.40. The molecule has 1 aliphatic heterocycles. The summed E-state index contributed by atoms with van der Waals surface area (Å²) in [6, 6.07) is 0.394. The van der Waals surface area contributed by atoms with Crippen molar-refractivity contribution in [2.45, 2.75) is 64.5 Å². The van der Waals surface area contributed by atoms with Gasteiger partial charge in [-0.2, -0.15) is 0 Å². The predicted molar refractivity (Wildman–Crippen MR) is 79.2 cm³/mol. The second kappa shape index (κ2) is 7.60. The van der Waals surface area contributed by atoms with E-state index in [9.17, 15) is 8.42 Å². The maximum absolute atomic E-state index is 11.6. The number of ether oxygens (including phenoxy) is 1. The van der Waals surface area contributed by atoms with Gasteiger partial charge in [-0.1, -0.05) is 20.8 Å². The second-order valence-corrected chi connectivity index (χ2v) is 7.84. The van der Waals surface area contributed by atoms with Gasteiger partial charge in [0.1, 0.15) is 0 Å². The molecule has 0 aromatic carbocycles. The van der Waals surface area contributed by atoms with E-state index in [0.29, 0.717) is 24.8 Å². The summed E-state index contributed by atoms with van der Waals surface area (Å²) >= 11 is 0. The Morgan fingerprint density at radius 2 is 1.89 bits per heavy atom. The molecule has 1 rings (SSSR count). The average Bonchev–Trinajstić information content (AvgIpc) is 2.38. The summed E-state index contributed by atoms with van der Waals surface area (Å²) in [6.07, 6.45) is 4.73. The summed E-state index contributed by atoms with van der Waals surface area (Å²) in [6.45, 7) is 7.58. The lowest BCUT2D eigenvalue weighted by atomic mass is 9.86. The fourth-order valence-corrected chi connectivity index (χ4v) is 4.03. The molecule has 1 heterocycles. The zero-order chi connectivity index (χ0) is 14.4. The third-order valence-corrected chi connectivity index (χ3v) is 6.00. The maximum atomic E-state index is 11.6. The summed E-state index contributed by atoms with van der Waals surface area (Å²) in [4.78, 5) is 0. The van der Waals surface area contributed by atoms with Crippen molar-refractivity contribution in [3.63, 3.8) is 0 Å². The molecule has 114 valence electrons. The van der Waals surface area contributed by atoms with Gasteiger partial charge in [-0.3, -0.25) is 0 Å². The van der Waals surface area contributed by atoms with Gasteiger partial charge in [0.25, 0.3) is 0 Å². The van der Waals surface area contributed by atoms with Crippen LogP contribution in [0.2, 0.25) is 0 Å². The van der Waals surface area contributed by atoms with Gasteiger partial charge in [-0.25, -0.2) is 8.42 Å². The van der Waals surface area contributed by atoms with Crippen molar-refractivity contribution in [3.8, 4) is 0 Å². The van der Waals surface area contributed by atoms with Crippen LogP contribution in [0.25, 0.3) is 0 Å². The van der Waals surface area contributed by atoms with Crippen LogP contribution in [0.5, 0.6) is 0 Å². The van der Waals surface area contributed by atoms with Crippen LogP contribution in [0.1, 0.15) is 52.9 Å². The number of rotatable bonds is 8. The zero-order valence-corrected chi connectivity index (χ0v) is 13.4. The molecule has 0 aromatic rings. The monoisotopic (exact) mass is 291 g/mol.